The highest BCUT2D eigenvalue weighted by atomic mass is 16.3. The summed E-state index contributed by atoms with van der Waals surface area (Å²) in [5.74, 6) is 0.338. The lowest BCUT2D eigenvalue weighted by Gasteiger charge is -2.52. The quantitative estimate of drug-likeness (QED) is 0.669. The molecule has 1 nitrogen and oxygen atoms in total. The third kappa shape index (κ3) is 1.16. The van der Waals surface area contributed by atoms with E-state index in [1.165, 1.54) is 24.8 Å². The van der Waals surface area contributed by atoms with E-state index >= 15 is 0 Å². The van der Waals surface area contributed by atoms with Gasteiger partial charge in [0.05, 0.1) is 0 Å². The first-order chi connectivity index (χ1) is 7.29. The number of hydrogen-bond donors (Lipinski definition) is 1. The molecule has 0 saturated heterocycles. The average molecular weight is 222 g/mol. The summed E-state index contributed by atoms with van der Waals surface area (Å²) in [7, 11) is 0. The molecule has 0 radical (unpaired) electrons. The zero-order valence-corrected chi connectivity index (χ0v) is 11.4. The van der Waals surface area contributed by atoms with E-state index in [4.69, 9.17) is 0 Å². The highest BCUT2D eigenvalue weighted by Gasteiger charge is 2.62. The number of hydrogen-bond acceptors (Lipinski definition) is 1. The van der Waals surface area contributed by atoms with E-state index < -0.39 is 0 Å². The predicted molar refractivity (Wildman–Crippen MR) is 68.2 cm³/mol. The van der Waals surface area contributed by atoms with Gasteiger partial charge in [0.2, 0.25) is 0 Å². The summed E-state index contributed by atoms with van der Waals surface area (Å²) >= 11 is 0. The molecule has 1 N–H and O–H groups in total. The molecule has 1 spiro atoms. The molecule has 0 aromatic carbocycles. The first-order valence-electron chi connectivity index (χ1n) is 6.59. The van der Waals surface area contributed by atoms with E-state index in [0.29, 0.717) is 23.4 Å². The molecule has 1 saturated carbocycles. The van der Waals surface area contributed by atoms with Crippen molar-refractivity contribution in [1.29, 1.82) is 0 Å². The van der Waals surface area contributed by atoms with Gasteiger partial charge in [0.25, 0.3) is 0 Å². The zero-order chi connectivity index (χ0) is 12.2. The van der Waals surface area contributed by atoms with Crippen LogP contribution in [0.2, 0.25) is 0 Å². The van der Waals surface area contributed by atoms with Crippen LogP contribution in [0.3, 0.4) is 0 Å². The van der Waals surface area contributed by atoms with Gasteiger partial charge in [0.15, 0.2) is 0 Å². The van der Waals surface area contributed by atoms with Crippen LogP contribution in [0.25, 0.3) is 0 Å². The van der Waals surface area contributed by atoms with E-state index in [-0.39, 0.29) is 5.41 Å². The molecule has 2 aliphatic rings. The van der Waals surface area contributed by atoms with E-state index in [2.05, 4.69) is 40.7 Å². The molecule has 1 heteroatoms. The van der Waals surface area contributed by atoms with Crippen molar-refractivity contribution >= 4 is 0 Å². The smallest absolute Gasteiger partial charge is 0.0499 e. The van der Waals surface area contributed by atoms with Crippen molar-refractivity contribution in [2.24, 2.45) is 22.2 Å². The van der Waals surface area contributed by atoms with Gasteiger partial charge in [-0.05, 0) is 30.6 Å². The van der Waals surface area contributed by atoms with Crippen LogP contribution in [0.4, 0.5) is 0 Å². The summed E-state index contributed by atoms with van der Waals surface area (Å²) in [6, 6.07) is 0. The number of aliphatic hydroxyl groups is 1. The first kappa shape index (κ1) is 12.2. The largest absolute Gasteiger partial charge is 0.396 e. The Morgan fingerprint density at radius 3 is 2.25 bits per heavy atom. The third-order valence-corrected chi connectivity index (χ3v) is 5.86. The first-order valence-corrected chi connectivity index (χ1v) is 6.59. The van der Waals surface area contributed by atoms with Gasteiger partial charge in [-0.15, -0.1) is 0 Å². The lowest BCUT2D eigenvalue weighted by molar-refractivity contribution is -0.0147. The molecule has 0 amide bonds. The molecule has 0 aliphatic heterocycles. The molecule has 0 unspecified atom stereocenters. The Hall–Kier alpha value is -0.300. The Bertz CT molecular complexity index is 324. The van der Waals surface area contributed by atoms with Crippen LogP contribution in [0.15, 0.2) is 11.6 Å². The summed E-state index contributed by atoms with van der Waals surface area (Å²) in [5.41, 5.74) is 2.42. The summed E-state index contributed by atoms with van der Waals surface area (Å²) < 4.78 is 0. The van der Waals surface area contributed by atoms with Gasteiger partial charge in [-0.1, -0.05) is 45.8 Å². The van der Waals surface area contributed by atoms with Crippen molar-refractivity contribution < 1.29 is 5.11 Å². The molecule has 1 fully saturated rings. The molecule has 0 aromatic rings. The van der Waals surface area contributed by atoms with Gasteiger partial charge in [-0.3, -0.25) is 0 Å². The van der Waals surface area contributed by atoms with E-state index in [1.54, 1.807) is 0 Å². The van der Waals surface area contributed by atoms with Gasteiger partial charge >= 0.3 is 0 Å². The van der Waals surface area contributed by atoms with E-state index in [1.807, 2.05) is 0 Å². The second-order valence-electron chi connectivity index (χ2n) is 7.00. The Balaban J connectivity index is 2.53. The van der Waals surface area contributed by atoms with Gasteiger partial charge in [0, 0.05) is 17.9 Å². The molecule has 2 atom stereocenters. The average Bonchev–Trinajstić information content (AvgIpc) is 2.58. The molecular weight excluding hydrogens is 196 g/mol. The van der Waals surface area contributed by atoms with Crippen LogP contribution in [0.1, 0.15) is 53.9 Å². The number of allylic oxidation sites excluding steroid dienone is 1. The maximum atomic E-state index is 9.59. The van der Waals surface area contributed by atoms with E-state index in [0.717, 1.165) is 0 Å². The van der Waals surface area contributed by atoms with Gasteiger partial charge in [-0.2, -0.15) is 0 Å². The lowest BCUT2D eigenvalue weighted by atomic mass is 9.52. The molecule has 92 valence electrons. The Labute approximate surface area is 99.9 Å². The minimum Gasteiger partial charge on any atom is -0.396 e. The standard InChI is InChI=1S/C15H26O/c1-11-9-12(10-16)14(4,5)15(11)8-6-7-13(15,2)3/h9,12,16H,6-8,10H2,1-5H3/t12-,15+/m1/s1. The SMILES string of the molecule is CC1=C[C@H](CO)C(C)(C)[C@@]12CCCC2(C)C. The van der Waals surface area contributed by atoms with Gasteiger partial charge in [0.1, 0.15) is 0 Å². The monoisotopic (exact) mass is 222 g/mol. The highest BCUT2D eigenvalue weighted by Crippen LogP contribution is 2.70. The Morgan fingerprint density at radius 2 is 1.88 bits per heavy atom. The van der Waals surface area contributed by atoms with Crippen molar-refractivity contribution in [2.75, 3.05) is 6.61 Å². The van der Waals surface area contributed by atoms with E-state index in [9.17, 15) is 5.11 Å². The summed E-state index contributed by atoms with van der Waals surface area (Å²) in [5, 5.41) is 9.59. The summed E-state index contributed by atoms with van der Waals surface area (Å²) in [6.45, 7) is 12.1. The maximum Gasteiger partial charge on any atom is 0.0499 e. The molecule has 0 bridgehead atoms. The van der Waals surface area contributed by atoms with Crippen LogP contribution in [0.5, 0.6) is 0 Å². The number of aliphatic hydroxyl groups excluding tert-OH is 1. The normalized spacial score (nSPS) is 40.4. The summed E-state index contributed by atoms with van der Waals surface area (Å²) in [6.07, 6.45) is 6.29. The third-order valence-electron chi connectivity index (χ3n) is 5.86. The van der Waals surface area contributed by atoms with Crippen LogP contribution >= 0.6 is 0 Å². The van der Waals surface area contributed by atoms with Crippen molar-refractivity contribution in [3.05, 3.63) is 11.6 Å². The second kappa shape index (κ2) is 3.35. The maximum absolute atomic E-state index is 9.59. The molecule has 2 aliphatic carbocycles. The molecular formula is C15H26O. The predicted octanol–water partition coefficient (Wildman–Crippen LogP) is 3.78. The Kier molecular flexibility index (Phi) is 2.55. The number of rotatable bonds is 1. The van der Waals surface area contributed by atoms with Crippen molar-refractivity contribution in [2.45, 2.75) is 53.9 Å². The molecule has 16 heavy (non-hydrogen) atoms. The highest BCUT2D eigenvalue weighted by molar-refractivity contribution is 5.32. The van der Waals surface area contributed by atoms with Crippen molar-refractivity contribution in [3.63, 3.8) is 0 Å². The Morgan fingerprint density at radius 1 is 1.25 bits per heavy atom. The molecule has 0 aromatic heterocycles. The topological polar surface area (TPSA) is 20.2 Å². The minimum absolute atomic E-state index is 0.200. The van der Waals surface area contributed by atoms with Crippen LogP contribution in [0, 0.1) is 22.2 Å². The molecule has 0 heterocycles. The van der Waals surface area contributed by atoms with Crippen molar-refractivity contribution in [1.82, 2.24) is 0 Å². The fraction of sp³-hybridized carbons (Fsp3) is 0.867. The lowest BCUT2D eigenvalue weighted by Crippen LogP contribution is -2.46. The van der Waals surface area contributed by atoms with Crippen LogP contribution < -0.4 is 0 Å². The fourth-order valence-electron chi connectivity index (χ4n) is 5.03. The minimum atomic E-state index is 0.200. The van der Waals surface area contributed by atoms with Crippen LogP contribution in [-0.4, -0.2) is 11.7 Å². The second-order valence-corrected chi connectivity index (χ2v) is 7.00. The van der Waals surface area contributed by atoms with Crippen molar-refractivity contribution in [3.8, 4) is 0 Å². The summed E-state index contributed by atoms with van der Waals surface area (Å²) in [4.78, 5) is 0. The zero-order valence-electron chi connectivity index (χ0n) is 11.4. The molecule has 2 rings (SSSR count). The fourth-order valence-corrected chi connectivity index (χ4v) is 5.03. The van der Waals surface area contributed by atoms with Gasteiger partial charge in [-0.25, -0.2) is 0 Å². The van der Waals surface area contributed by atoms with Crippen LogP contribution in [-0.2, 0) is 0 Å². The van der Waals surface area contributed by atoms with Gasteiger partial charge < -0.3 is 5.11 Å².